The predicted octanol–water partition coefficient (Wildman–Crippen LogP) is 2.45. The van der Waals surface area contributed by atoms with Gasteiger partial charge in [0.25, 0.3) is 0 Å². The lowest BCUT2D eigenvalue weighted by Crippen LogP contribution is -2.43. The average molecular weight is 262 g/mol. The molecule has 3 heteroatoms. The molecule has 1 saturated heterocycles. The van der Waals surface area contributed by atoms with Crippen molar-refractivity contribution in [3.05, 3.63) is 29.8 Å². The maximum Gasteiger partial charge on any atom is 0.0552 e. The molecule has 19 heavy (non-hydrogen) atoms. The molecule has 1 heterocycles. The van der Waals surface area contributed by atoms with E-state index in [1.165, 1.54) is 11.3 Å². The van der Waals surface area contributed by atoms with Gasteiger partial charge in [0.15, 0.2) is 0 Å². The van der Waals surface area contributed by atoms with Crippen LogP contribution < -0.4 is 10.2 Å². The van der Waals surface area contributed by atoms with E-state index < -0.39 is 0 Å². The molecule has 0 aromatic heterocycles. The minimum atomic E-state index is 0.258. The normalized spacial score (nSPS) is 22.7. The van der Waals surface area contributed by atoms with Gasteiger partial charge in [-0.25, -0.2) is 0 Å². The Kier molecular flexibility index (Phi) is 4.83. The predicted molar refractivity (Wildman–Crippen MR) is 80.9 cm³/mol. The first kappa shape index (κ1) is 14.4. The minimum Gasteiger partial charge on any atom is -0.381 e. The number of hydrogen-bond donors (Lipinski definition) is 1. The summed E-state index contributed by atoms with van der Waals surface area (Å²) in [6.07, 6.45) is 1.15. The summed E-state index contributed by atoms with van der Waals surface area (Å²) < 4.78 is 5.65. The Labute approximate surface area is 116 Å². The number of anilines is 1. The summed E-state index contributed by atoms with van der Waals surface area (Å²) in [5.74, 6) is 0. The highest BCUT2D eigenvalue weighted by molar-refractivity contribution is 5.47. The van der Waals surface area contributed by atoms with Gasteiger partial charge < -0.3 is 15.0 Å². The number of nitrogens with zero attached hydrogens (tertiary/aromatic N) is 1. The Morgan fingerprint density at radius 3 is 2.89 bits per heavy atom. The molecule has 0 saturated carbocycles. The topological polar surface area (TPSA) is 24.5 Å². The molecule has 1 aliphatic rings. The zero-order chi connectivity index (χ0) is 13.7. The van der Waals surface area contributed by atoms with Crippen molar-refractivity contribution in [1.29, 1.82) is 0 Å². The lowest BCUT2D eigenvalue weighted by molar-refractivity contribution is 0.153. The average Bonchev–Trinajstić information content (AvgIpc) is 2.85. The molecule has 1 atom stereocenters. The van der Waals surface area contributed by atoms with E-state index >= 15 is 0 Å². The zero-order valence-corrected chi connectivity index (χ0v) is 12.4. The molecule has 106 valence electrons. The van der Waals surface area contributed by atoms with E-state index in [2.05, 4.69) is 55.4 Å². The quantitative estimate of drug-likeness (QED) is 0.852. The summed E-state index contributed by atoms with van der Waals surface area (Å²) in [6.45, 7) is 9.18. The number of nitrogens with one attached hydrogen (secondary N) is 1. The maximum atomic E-state index is 5.65. The number of hydrogen-bond acceptors (Lipinski definition) is 3. The third kappa shape index (κ3) is 3.71. The van der Waals surface area contributed by atoms with Crippen molar-refractivity contribution in [1.82, 2.24) is 5.32 Å². The van der Waals surface area contributed by atoms with Gasteiger partial charge >= 0.3 is 0 Å². The van der Waals surface area contributed by atoms with Gasteiger partial charge in [0.05, 0.1) is 6.61 Å². The molecule has 1 N–H and O–H groups in total. The highest BCUT2D eigenvalue weighted by Crippen LogP contribution is 2.30. The number of rotatable bonds is 6. The summed E-state index contributed by atoms with van der Waals surface area (Å²) in [6, 6.07) is 8.70. The molecule has 2 rings (SSSR count). The lowest BCUT2D eigenvalue weighted by atomic mass is 9.86. The summed E-state index contributed by atoms with van der Waals surface area (Å²) in [7, 11) is 2.18. The standard InChI is InChI=1S/C16H26N2O/c1-4-17-11-16(8-9-19-13-16)12-18(3)15-7-5-6-14(2)10-15/h5-7,10,17H,4,8-9,11-13H2,1-3H3. The highest BCUT2D eigenvalue weighted by atomic mass is 16.5. The van der Waals surface area contributed by atoms with Gasteiger partial charge in [-0.1, -0.05) is 19.1 Å². The first-order valence-electron chi connectivity index (χ1n) is 7.21. The fraction of sp³-hybridized carbons (Fsp3) is 0.625. The van der Waals surface area contributed by atoms with Crippen LogP contribution in [0.1, 0.15) is 18.9 Å². The Hall–Kier alpha value is -1.06. The third-order valence-electron chi connectivity index (χ3n) is 3.95. The second-order valence-corrected chi connectivity index (χ2v) is 5.78. The number of aryl methyl sites for hydroxylation is 1. The van der Waals surface area contributed by atoms with E-state index in [4.69, 9.17) is 4.74 Å². The highest BCUT2D eigenvalue weighted by Gasteiger charge is 2.35. The van der Waals surface area contributed by atoms with Gasteiger partial charge in [-0.15, -0.1) is 0 Å². The zero-order valence-electron chi connectivity index (χ0n) is 12.4. The van der Waals surface area contributed by atoms with E-state index in [1.54, 1.807) is 0 Å². The van der Waals surface area contributed by atoms with Crippen LogP contribution in [0.4, 0.5) is 5.69 Å². The van der Waals surface area contributed by atoms with E-state index in [0.717, 1.165) is 39.3 Å². The smallest absolute Gasteiger partial charge is 0.0552 e. The van der Waals surface area contributed by atoms with E-state index in [9.17, 15) is 0 Å². The molecular weight excluding hydrogens is 236 g/mol. The lowest BCUT2D eigenvalue weighted by Gasteiger charge is -2.33. The van der Waals surface area contributed by atoms with Crippen LogP contribution in [0.25, 0.3) is 0 Å². The van der Waals surface area contributed by atoms with Gasteiger partial charge in [0.1, 0.15) is 0 Å². The Morgan fingerprint density at radius 1 is 1.42 bits per heavy atom. The molecule has 1 aliphatic heterocycles. The second-order valence-electron chi connectivity index (χ2n) is 5.78. The molecule has 1 aromatic carbocycles. The van der Waals surface area contributed by atoms with Crippen molar-refractivity contribution < 1.29 is 4.74 Å². The van der Waals surface area contributed by atoms with Crippen LogP contribution >= 0.6 is 0 Å². The van der Waals surface area contributed by atoms with Gasteiger partial charge in [-0.05, 0) is 37.6 Å². The third-order valence-corrected chi connectivity index (χ3v) is 3.95. The van der Waals surface area contributed by atoms with Crippen LogP contribution in [0.3, 0.4) is 0 Å². The molecule has 3 nitrogen and oxygen atoms in total. The van der Waals surface area contributed by atoms with E-state index in [0.29, 0.717) is 0 Å². The maximum absolute atomic E-state index is 5.65. The van der Waals surface area contributed by atoms with E-state index in [-0.39, 0.29) is 5.41 Å². The molecule has 0 spiro atoms. The molecule has 0 amide bonds. The Balaban J connectivity index is 2.04. The van der Waals surface area contributed by atoms with Gasteiger partial charge in [-0.3, -0.25) is 0 Å². The van der Waals surface area contributed by atoms with Crippen molar-refractivity contribution in [2.45, 2.75) is 20.3 Å². The summed E-state index contributed by atoms with van der Waals surface area (Å²) >= 11 is 0. The SMILES string of the molecule is CCNCC1(CN(C)c2cccc(C)c2)CCOC1. The van der Waals surface area contributed by atoms with Crippen molar-refractivity contribution in [3.8, 4) is 0 Å². The van der Waals surface area contributed by atoms with Crippen molar-refractivity contribution in [2.24, 2.45) is 5.41 Å². The fourth-order valence-electron chi connectivity index (χ4n) is 2.82. The summed E-state index contributed by atoms with van der Waals surface area (Å²) in [5, 5.41) is 3.49. The van der Waals surface area contributed by atoms with Gasteiger partial charge in [0.2, 0.25) is 0 Å². The van der Waals surface area contributed by atoms with Crippen LogP contribution in [-0.2, 0) is 4.74 Å². The first-order chi connectivity index (χ1) is 9.15. The van der Waals surface area contributed by atoms with Crippen molar-refractivity contribution in [2.75, 3.05) is 44.8 Å². The van der Waals surface area contributed by atoms with Crippen LogP contribution in [0.15, 0.2) is 24.3 Å². The Morgan fingerprint density at radius 2 is 2.26 bits per heavy atom. The molecule has 0 aliphatic carbocycles. The number of benzene rings is 1. The molecule has 1 fully saturated rings. The Bertz CT molecular complexity index is 399. The van der Waals surface area contributed by atoms with Crippen LogP contribution in [0.5, 0.6) is 0 Å². The van der Waals surface area contributed by atoms with E-state index in [1.807, 2.05) is 0 Å². The fourth-order valence-corrected chi connectivity index (χ4v) is 2.82. The summed E-state index contributed by atoms with van der Waals surface area (Å²) in [4.78, 5) is 2.36. The van der Waals surface area contributed by atoms with Gasteiger partial charge in [0, 0.05) is 37.8 Å². The van der Waals surface area contributed by atoms with Crippen LogP contribution in [-0.4, -0.2) is 39.9 Å². The largest absolute Gasteiger partial charge is 0.381 e. The summed E-state index contributed by atoms with van der Waals surface area (Å²) in [5.41, 5.74) is 2.87. The monoisotopic (exact) mass is 262 g/mol. The minimum absolute atomic E-state index is 0.258. The second kappa shape index (κ2) is 6.40. The number of ether oxygens (including phenoxy) is 1. The molecule has 0 bridgehead atoms. The molecule has 1 aromatic rings. The van der Waals surface area contributed by atoms with Gasteiger partial charge in [-0.2, -0.15) is 0 Å². The molecular formula is C16H26N2O. The first-order valence-corrected chi connectivity index (χ1v) is 7.21. The van der Waals surface area contributed by atoms with Crippen LogP contribution in [0.2, 0.25) is 0 Å². The van der Waals surface area contributed by atoms with Crippen molar-refractivity contribution in [3.63, 3.8) is 0 Å². The molecule has 1 unspecified atom stereocenters. The molecule has 0 radical (unpaired) electrons. The van der Waals surface area contributed by atoms with Crippen molar-refractivity contribution >= 4 is 5.69 Å². The van der Waals surface area contributed by atoms with Crippen LogP contribution in [0, 0.1) is 12.3 Å².